The Hall–Kier alpha value is -1.62. The van der Waals surface area contributed by atoms with Gasteiger partial charge in [-0.1, -0.05) is 0 Å². The molecule has 0 saturated heterocycles. The average Bonchev–Trinajstić information content (AvgIpc) is 2.55. The van der Waals surface area contributed by atoms with Gasteiger partial charge in [0.25, 0.3) is 0 Å². The number of rotatable bonds is 10. The Morgan fingerprint density at radius 3 is 2.00 bits per heavy atom. The van der Waals surface area contributed by atoms with Gasteiger partial charge in [0.15, 0.2) is 13.2 Å². The summed E-state index contributed by atoms with van der Waals surface area (Å²) in [6.45, 7) is -3.45. The molecule has 12 heteroatoms. The molecule has 1 rings (SSSR count). The third-order valence-corrected chi connectivity index (χ3v) is 3.11. The molecule has 0 aliphatic heterocycles. The fourth-order valence-electron chi connectivity index (χ4n) is 1.54. The van der Waals surface area contributed by atoms with Crippen molar-refractivity contribution >= 4 is 17.3 Å². The summed E-state index contributed by atoms with van der Waals surface area (Å²) in [5.74, 6) is -5.40. The molecule has 1 unspecified atom stereocenters. The van der Waals surface area contributed by atoms with E-state index in [1.165, 1.54) is 0 Å². The minimum absolute atomic E-state index is 0.0456. The quantitative estimate of drug-likeness (QED) is 0.451. The second kappa shape index (κ2) is 9.36. The van der Waals surface area contributed by atoms with Gasteiger partial charge in [-0.2, -0.15) is 22.0 Å². The van der Waals surface area contributed by atoms with Gasteiger partial charge in [-0.3, -0.25) is 0 Å². The highest BCUT2D eigenvalue weighted by atomic mass is 35.5. The van der Waals surface area contributed by atoms with Crippen molar-refractivity contribution in [1.82, 2.24) is 0 Å². The highest BCUT2D eigenvalue weighted by Gasteiger charge is 2.41. The largest absolute Gasteiger partial charge is 0.487 e. The summed E-state index contributed by atoms with van der Waals surface area (Å²) in [7, 11) is 0. The predicted molar refractivity (Wildman–Crippen MR) is 79.7 cm³/mol. The first-order valence-corrected chi connectivity index (χ1v) is 7.57. The maximum atomic E-state index is 12.9. The molecule has 1 atom stereocenters. The van der Waals surface area contributed by atoms with Crippen LogP contribution < -0.4 is 14.8 Å². The Morgan fingerprint density at radius 1 is 1.00 bits per heavy atom. The standard InChI is InChI=1S/C14H15ClF7NO3/c15-4-9(24)5-23-8-1-10(25-6-13(18,19)12(16)17)3-11(2-8)26-7-14(20,21)22/h1-3,9,12,23-24H,4-7H2. The molecule has 0 fully saturated rings. The molecule has 0 aliphatic carbocycles. The van der Waals surface area contributed by atoms with E-state index in [1.54, 1.807) is 0 Å². The van der Waals surface area contributed by atoms with Crippen LogP contribution in [0, 0.1) is 0 Å². The summed E-state index contributed by atoms with van der Waals surface area (Å²) >= 11 is 5.39. The van der Waals surface area contributed by atoms with E-state index in [2.05, 4.69) is 14.8 Å². The number of hydrogen-bond acceptors (Lipinski definition) is 4. The van der Waals surface area contributed by atoms with E-state index in [-0.39, 0.29) is 18.1 Å². The summed E-state index contributed by atoms with van der Waals surface area (Å²) in [5, 5.41) is 11.9. The lowest BCUT2D eigenvalue weighted by Crippen LogP contribution is -2.33. The first-order chi connectivity index (χ1) is 11.9. The minimum Gasteiger partial charge on any atom is -0.487 e. The van der Waals surface area contributed by atoms with Crippen LogP contribution in [0.3, 0.4) is 0 Å². The van der Waals surface area contributed by atoms with Crippen LogP contribution in [-0.2, 0) is 0 Å². The summed E-state index contributed by atoms with van der Waals surface area (Å²) < 4.78 is 95.9. The van der Waals surface area contributed by atoms with E-state index in [0.29, 0.717) is 0 Å². The van der Waals surface area contributed by atoms with Crippen LogP contribution >= 0.6 is 11.6 Å². The van der Waals surface area contributed by atoms with Crippen molar-refractivity contribution in [2.24, 2.45) is 0 Å². The second-order valence-corrected chi connectivity index (χ2v) is 5.44. The van der Waals surface area contributed by atoms with E-state index in [1.807, 2.05) is 0 Å². The monoisotopic (exact) mass is 413 g/mol. The van der Waals surface area contributed by atoms with E-state index in [9.17, 15) is 35.8 Å². The van der Waals surface area contributed by atoms with E-state index in [4.69, 9.17) is 11.6 Å². The topological polar surface area (TPSA) is 50.7 Å². The van der Waals surface area contributed by atoms with Gasteiger partial charge < -0.3 is 19.9 Å². The molecule has 0 amide bonds. The molecule has 0 aromatic heterocycles. The average molecular weight is 414 g/mol. The first kappa shape index (κ1) is 22.4. The number of hydrogen-bond donors (Lipinski definition) is 2. The van der Waals surface area contributed by atoms with Crippen molar-refractivity contribution in [3.8, 4) is 11.5 Å². The highest BCUT2D eigenvalue weighted by Crippen LogP contribution is 2.30. The summed E-state index contributed by atoms with van der Waals surface area (Å²) in [5.41, 5.74) is 0.0456. The van der Waals surface area contributed by atoms with Crippen molar-refractivity contribution in [2.45, 2.75) is 24.6 Å². The highest BCUT2D eigenvalue weighted by molar-refractivity contribution is 6.18. The van der Waals surface area contributed by atoms with Crippen molar-refractivity contribution in [2.75, 3.05) is 31.0 Å². The van der Waals surface area contributed by atoms with Crippen LogP contribution in [-0.4, -0.2) is 55.4 Å². The molecular weight excluding hydrogens is 399 g/mol. The smallest absolute Gasteiger partial charge is 0.422 e. The van der Waals surface area contributed by atoms with Gasteiger partial charge >= 0.3 is 18.5 Å². The molecular formula is C14H15ClF7NO3. The number of nitrogens with one attached hydrogen (secondary N) is 1. The van der Waals surface area contributed by atoms with Gasteiger partial charge in [0.05, 0.1) is 12.0 Å². The van der Waals surface area contributed by atoms with Crippen molar-refractivity contribution in [3.05, 3.63) is 18.2 Å². The van der Waals surface area contributed by atoms with Crippen LogP contribution in [0.5, 0.6) is 11.5 Å². The summed E-state index contributed by atoms with van der Waals surface area (Å²) in [4.78, 5) is 0. The molecule has 26 heavy (non-hydrogen) atoms. The van der Waals surface area contributed by atoms with Gasteiger partial charge in [0, 0.05) is 30.4 Å². The molecule has 4 nitrogen and oxygen atoms in total. The SMILES string of the molecule is OC(CCl)CNc1cc(OCC(F)(F)F)cc(OCC(F)(F)C(F)F)c1. The van der Waals surface area contributed by atoms with Crippen LogP contribution in [0.4, 0.5) is 36.4 Å². The molecule has 0 radical (unpaired) electrons. The van der Waals surface area contributed by atoms with Gasteiger partial charge in [0.1, 0.15) is 11.5 Å². The number of benzene rings is 1. The van der Waals surface area contributed by atoms with Crippen molar-refractivity contribution < 1.29 is 45.3 Å². The number of anilines is 1. The Balaban J connectivity index is 2.92. The Bertz CT molecular complexity index is 572. The number of halogens is 8. The van der Waals surface area contributed by atoms with Gasteiger partial charge in [-0.15, -0.1) is 11.6 Å². The molecule has 1 aromatic rings. The third-order valence-electron chi connectivity index (χ3n) is 2.75. The number of aliphatic hydroxyl groups is 1. The third kappa shape index (κ3) is 8.17. The lowest BCUT2D eigenvalue weighted by molar-refractivity contribution is -0.153. The molecule has 0 saturated carbocycles. The Kier molecular flexibility index (Phi) is 8.07. The van der Waals surface area contributed by atoms with Gasteiger partial charge in [-0.05, 0) is 0 Å². The Morgan fingerprint density at radius 2 is 1.54 bits per heavy atom. The van der Waals surface area contributed by atoms with Crippen LogP contribution in [0.15, 0.2) is 18.2 Å². The van der Waals surface area contributed by atoms with Gasteiger partial charge in [-0.25, -0.2) is 8.78 Å². The normalized spacial score (nSPS) is 13.6. The van der Waals surface area contributed by atoms with Crippen LogP contribution in [0.25, 0.3) is 0 Å². The molecule has 0 spiro atoms. The predicted octanol–water partition coefficient (Wildman–Crippen LogP) is 3.92. The molecule has 0 heterocycles. The van der Waals surface area contributed by atoms with Crippen molar-refractivity contribution in [1.29, 1.82) is 0 Å². The number of ether oxygens (including phenoxy) is 2. The maximum Gasteiger partial charge on any atom is 0.422 e. The molecule has 150 valence electrons. The maximum absolute atomic E-state index is 12.9. The lowest BCUT2D eigenvalue weighted by atomic mass is 10.2. The second-order valence-electron chi connectivity index (χ2n) is 5.14. The zero-order valence-corrected chi connectivity index (χ0v) is 13.8. The fraction of sp³-hybridized carbons (Fsp3) is 0.571. The van der Waals surface area contributed by atoms with E-state index >= 15 is 0 Å². The fourth-order valence-corrected chi connectivity index (χ4v) is 1.65. The zero-order valence-electron chi connectivity index (χ0n) is 13.0. The molecule has 0 bridgehead atoms. The van der Waals surface area contributed by atoms with E-state index in [0.717, 1.165) is 18.2 Å². The minimum atomic E-state index is -4.65. The summed E-state index contributed by atoms with van der Waals surface area (Å²) in [6, 6.07) is 3.00. The molecule has 2 N–H and O–H groups in total. The van der Waals surface area contributed by atoms with Crippen molar-refractivity contribution in [3.63, 3.8) is 0 Å². The number of aliphatic hydroxyl groups excluding tert-OH is 1. The van der Waals surface area contributed by atoms with Crippen LogP contribution in [0.1, 0.15) is 0 Å². The summed E-state index contributed by atoms with van der Waals surface area (Å²) in [6.07, 6.45) is -9.62. The molecule has 0 aliphatic rings. The van der Waals surface area contributed by atoms with Crippen LogP contribution in [0.2, 0.25) is 0 Å². The first-order valence-electron chi connectivity index (χ1n) is 7.04. The number of alkyl halides is 8. The Labute approximate surface area is 148 Å². The molecule has 1 aromatic carbocycles. The van der Waals surface area contributed by atoms with Gasteiger partial charge in [0.2, 0.25) is 0 Å². The van der Waals surface area contributed by atoms with E-state index < -0.39 is 49.3 Å². The lowest BCUT2D eigenvalue weighted by Gasteiger charge is -2.18. The zero-order chi connectivity index (χ0) is 20.0.